The summed E-state index contributed by atoms with van der Waals surface area (Å²) in [6.07, 6.45) is 5.16. The van der Waals surface area contributed by atoms with E-state index in [4.69, 9.17) is 17.3 Å². The zero-order valence-corrected chi connectivity index (χ0v) is 17.6. The molecule has 2 aromatic carbocycles. The Morgan fingerprint density at radius 2 is 1.54 bits per heavy atom. The van der Waals surface area contributed by atoms with Crippen molar-refractivity contribution < 1.29 is 0 Å². The molecule has 0 amide bonds. The number of nitrogens with zero attached hydrogens (tertiary/aromatic N) is 1. The van der Waals surface area contributed by atoms with Crippen molar-refractivity contribution in [3.05, 3.63) is 69.2 Å². The number of halogens is 2. The molecule has 1 fully saturated rings. The molecule has 2 nitrogen and oxygen atoms in total. The molecule has 0 radical (unpaired) electrons. The van der Waals surface area contributed by atoms with E-state index in [-0.39, 0.29) is 0 Å². The van der Waals surface area contributed by atoms with Crippen LogP contribution in [0, 0.1) is 11.8 Å². The minimum absolute atomic E-state index is 0.734. The van der Waals surface area contributed by atoms with Crippen LogP contribution in [-0.4, -0.2) is 18.0 Å². The molecule has 0 aromatic heterocycles. The fourth-order valence-electron chi connectivity index (χ4n) is 3.99. The van der Waals surface area contributed by atoms with Crippen molar-refractivity contribution in [2.24, 2.45) is 17.6 Å². The minimum atomic E-state index is 0.734. The predicted molar refractivity (Wildman–Crippen MR) is 114 cm³/mol. The standard InChI is InChI=1S/C22H28BrClN2/c23-21-5-1-3-19(11-21)15-26(16-20-4-2-6-22(24)12-20)14-18-9-7-17(13-25)8-10-18/h1-6,11-12,17-18H,7-10,13-16,25H2. The predicted octanol–water partition coefficient (Wildman–Crippen LogP) is 5.87. The van der Waals surface area contributed by atoms with E-state index in [9.17, 15) is 0 Å². The highest BCUT2D eigenvalue weighted by molar-refractivity contribution is 9.10. The van der Waals surface area contributed by atoms with Gasteiger partial charge in [0.05, 0.1) is 0 Å². The van der Waals surface area contributed by atoms with Crippen molar-refractivity contribution in [3.8, 4) is 0 Å². The Kier molecular flexibility index (Phi) is 7.56. The van der Waals surface area contributed by atoms with Gasteiger partial charge in [-0.05, 0) is 79.5 Å². The SMILES string of the molecule is NCC1CCC(CN(Cc2cccc(Cl)c2)Cc2cccc(Br)c2)CC1. The second kappa shape index (κ2) is 9.89. The van der Waals surface area contributed by atoms with Crippen molar-refractivity contribution in [2.45, 2.75) is 38.8 Å². The van der Waals surface area contributed by atoms with Crippen molar-refractivity contribution in [2.75, 3.05) is 13.1 Å². The molecular formula is C22H28BrClN2. The lowest BCUT2D eigenvalue weighted by Gasteiger charge is -2.32. The third-order valence-electron chi connectivity index (χ3n) is 5.41. The second-order valence-corrected chi connectivity index (χ2v) is 8.90. The molecule has 1 saturated carbocycles. The van der Waals surface area contributed by atoms with Crippen LogP contribution in [-0.2, 0) is 13.1 Å². The topological polar surface area (TPSA) is 29.3 Å². The number of rotatable bonds is 7. The van der Waals surface area contributed by atoms with Gasteiger partial charge in [-0.25, -0.2) is 0 Å². The van der Waals surface area contributed by atoms with Gasteiger partial charge < -0.3 is 5.73 Å². The molecule has 3 rings (SSSR count). The Hall–Kier alpha value is -0.870. The number of nitrogens with two attached hydrogens (primary N) is 1. The molecule has 140 valence electrons. The van der Waals surface area contributed by atoms with E-state index in [1.165, 1.54) is 36.8 Å². The average Bonchev–Trinajstić information content (AvgIpc) is 2.62. The molecule has 1 aliphatic carbocycles. The van der Waals surface area contributed by atoms with Crippen LogP contribution >= 0.6 is 27.5 Å². The molecule has 4 heteroatoms. The molecular weight excluding hydrogens is 408 g/mol. The Labute approximate surface area is 170 Å². The molecule has 0 atom stereocenters. The molecule has 2 aromatic rings. The van der Waals surface area contributed by atoms with Gasteiger partial charge in [-0.15, -0.1) is 0 Å². The van der Waals surface area contributed by atoms with Gasteiger partial charge >= 0.3 is 0 Å². The quantitative estimate of drug-likeness (QED) is 0.589. The summed E-state index contributed by atoms with van der Waals surface area (Å²) in [6.45, 7) is 3.87. The number of hydrogen-bond donors (Lipinski definition) is 1. The fraction of sp³-hybridized carbons (Fsp3) is 0.455. The van der Waals surface area contributed by atoms with E-state index >= 15 is 0 Å². The van der Waals surface area contributed by atoms with Gasteiger partial charge in [0.15, 0.2) is 0 Å². The molecule has 0 heterocycles. The Morgan fingerprint density at radius 3 is 2.15 bits per heavy atom. The Bertz CT molecular complexity index is 651. The molecule has 2 N–H and O–H groups in total. The number of benzene rings is 2. The van der Waals surface area contributed by atoms with Crippen LogP contribution in [0.2, 0.25) is 5.02 Å². The average molecular weight is 436 g/mol. The summed E-state index contributed by atoms with van der Waals surface area (Å²) in [7, 11) is 0. The molecule has 0 unspecified atom stereocenters. The molecule has 0 aliphatic heterocycles. The van der Waals surface area contributed by atoms with Crippen LogP contribution in [0.3, 0.4) is 0 Å². The normalized spacial score (nSPS) is 20.5. The smallest absolute Gasteiger partial charge is 0.0409 e. The first-order valence-corrected chi connectivity index (χ1v) is 10.7. The fourth-order valence-corrected chi connectivity index (χ4v) is 4.65. The zero-order valence-electron chi connectivity index (χ0n) is 15.2. The van der Waals surface area contributed by atoms with Gasteiger partial charge in [-0.3, -0.25) is 4.90 Å². The van der Waals surface area contributed by atoms with Crippen LogP contribution in [0.1, 0.15) is 36.8 Å². The summed E-state index contributed by atoms with van der Waals surface area (Å²) in [5, 5.41) is 0.813. The van der Waals surface area contributed by atoms with Gasteiger partial charge in [0.1, 0.15) is 0 Å². The first kappa shape index (κ1) is 19.9. The summed E-state index contributed by atoms with van der Waals surface area (Å²) in [5.41, 5.74) is 8.48. The van der Waals surface area contributed by atoms with Crippen LogP contribution < -0.4 is 5.73 Å². The van der Waals surface area contributed by atoms with Gasteiger partial charge in [-0.1, -0.05) is 51.8 Å². The lowest BCUT2D eigenvalue weighted by atomic mass is 9.82. The van der Waals surface area contributed by atoms with Crippen molar-refractivity contribution >= 4 is 27.5 Å². The van der Waals surface area contributed by atoms with Crippen molar-refractivity contribution in [3.63, 3.8) is 0 Å². The zero-order chi connectivity index (χ0) is 18.4. The van der Waals surface area contributed by atoms with Gasteiger partial charge in [0, 0.05) is 29.1 Å². The van der Waals surface area contributed by atoms with Crippen LogP contribution in [0.15, 0.2) is 53.0 Å². The first-order chi connectivity index (χ1) is 12.6. The lowest BCUT2D eigenvalue weighted by molar-refractivity contribution is 0.170. The number of hydrogen-bond acceptors (Lipinski definition) is 2. The third kappa shape index (κ3) is 6.09. The van der Waals surface area contributed by atoms with Gasteiger partial charge in [-0.2, -0.15) is 0 Å². The highest BCUT2D eigenvalue weighted by Crippen LogP contribution is 2.29. The largest absolute Gasteiger partial charge is 0.330 e. The van der Waals surface area contributed by atoms with E-state index in [1.54, 1.807) is 0 Å². The second-order valence-electron chi connectivity index (χ2n) is 7.55. The van der Waals surface area contributed by atoms with Crippen molar-refractivity contribution in [1.82, 2.24) is 4.90 Å². The lowest BCUT2D eigenvalue weighted by Crippen LogP contribution is -2.32. The van der Waals surface area contributed by atoms with E-state index in [1.807, 2.05) is 12.1 Å². The third-order valence-corrected chi connectivity index (χ3v) is 6.13. The maximum Gasteiger partial charge on any atom is 0.0409 e. The maximum atomic E-state index is 6.20. The van der Waals surface area contributed by atoms with E-state index in [2.05, 4.69) is 57.2 Å². The van der Waals surface area contributed by atoms with E-state index < -0.39 is 0 Å². The highest BCUT2D eigenvalue weighted by atomic mass is 79.9. The van der Waals surface area contributed by atoms with Crippen molar-refractivity contribution in [1.29, 1.82) is 0 Å². The summed E-state index contributed by atoms with van der Waals surface area (Å²) in [5.74, 6) is 1.50. The molecule has 0 saturated heterocycles. The molecule has 0 spiro atoms. The monoisotopic (exact) mass is 434 g/mol. The van der Waals surface area contributed by atoms with E-state index in [0.717, 1.165) is 47.5 Å². The van der Waals surface area contributed by atoms with Crippen LogP contribution in [0.5, 0.6) is 0 Å². The van der Waals surface area contributed by atoms with Gasteiger partial charge in [0.2, 0.25) is 0 Å². The summed E-state index contributed by atoms with van der Waals surface area (Å²) in [4.78, 5) is 2.57. The molecule has 26 heavy (non-hydrogen) atoms. The minimum Gasteiger partial charge on any atom is -0.330 e. The Morgan fingerprint density at radius 1 is 0.923 bits per heavy atom. The molecule has 1 aliphatic rings. The summed E-state index contributed by atoms with van der Waals surface area (Å²) >= 11 is 9.79. The summed E-state index contributed by atoms with van der Waals surface area (Å²) in [6, 6.07) is 16.9. The Balaban J connectivity index is 1.68. The maximum absolute atomic E-state index is 6.20. The molecule has 0 bridgehead atoms. The van der Waals surface area contributed by atoms with E-state index in [0.29, 0.717) is 0 Å². The highest BCUT2D eigenvalue weighted by Gasteiger charge is 2.22. The van der Waals surface area contributed by atoms with Gasteiger partial charge in [0.25, 0.3) is 0 Å². The first-order valence-electron chi connectivity index (χ1n) is 9.53. The summed E-state index contributed by atoms with van der Waals surface area (Å²) < 4.78 is 1.14. The van der Waals surface area contributed by atoms with Crippen LogP contribution in [0.25, 0.3) is 0 Å². The van der Waals surface area contributed by atoms with Crippen LogP contribution in [0.4, 0.5) is 0 Å².